The summed E-state index contributed by atoms with van der Waals surface area (Å²) >= 11 is 0. The van der Waals surface area contributed by atoms with Crippen LogP contribution in [0.4, 0.5) is 0 Å². The van der Waals surface area contributed by atoms with Crippen LogP contribution >= 0.6 is 0 Å². The minimum absolute atomic E-state index is 0.634. The van der Waals surface area contributed by atoms with Crippen LogP contribution in [0.1, 0.15) is 27.2 Å². The van der Waals surface area contributed by atoms with Gasteiger partial charge in [0, 0.05) is 12.2 Å². The van der Waals surface area contributed by atoms with E-state index < -0.39 is 0 Å². The average molecular weight is 151 g/mol. The van der Waals surface area contributed by atoms with Crippen LogP contribution in [0.15, 0.2) is 23.4 Å². The highest BCUT2D eigenvalue weighted by Gasteiger charge is 2.08. The predicted octanol–water partition coefficient (Wildman–Crippen LogP) is 2.47. The fourth-order valence-corrected chi connectivity index (χ4v) is 1.46. The lowest BCUT2D eigenvalue weighted by Crippen LogP contribution is -2.21. The highest BCUT2D eigenvalue weighted by atomic mass is 14.9. The van der Waals surface area contributed by atoms with Crippen LogP contribution in [0.3, 0.4) is 0 Å². The molecule has 1 aliphatic heterocycles. The van der Waals surface area contributed by atoms with Crippen molar-refractivity contribution >= 4 is 0 Å². The molecular formula is C10H17N. The Labute approximate surface area is 69.2 Å². The summed E-state index contributed by atoms with van der Waals surface area (Å²) in [7, 11) is 0. The third-order valence-electron chi connectivity index (χ3n) is 2.03. The molecule has 0 bridgehead atoms. The zero-order chi connectivity index (χ0) is 8.27. The van der Waals surface area contributed by atoms with Crippen molar-refractivity contribution in [3.8, 4) is 0 Å². The molecule has 0 saturated carbocycles. The van der Waals surface area contributed by atoms with Gasteiger partial charge < -0.3 is 5.32 Å². The first-order valence-electron chi connectivity index (χ1n) is 4.39. The second-order valence-corrected chi connectivity index (χ2v) is 3.23. The molecule has 0 fully saturated rings. The van der Waals surface area contributed by atoms with Crippen molar-refractivity contribution in [1.29, 1.82) is 0 Å². The van der Waals surface area contributed by atoms with E-state index in [0.29, 0.717) is 5.92 Å². The molecule has 0 aromatic carbocycles. The standard InChI is InChI=1S/C10H17N/c1-4-9-6-5-7-11-10(9)8(2)3/h5-6,8,11H,4,7H2,1-3H3. The Morgan fingerprint density at radius 2 is 2.27 bits per heavy atom. The quantitative estimate of drug-likeness (QED) is 0.639. The summed E-state index contributed by atoms with van der Waals surface area (Å²) in [5, 5.41) is 3.41. The first-order valence-corrected chi connectivity index (χ1v) is 4.39. The van der Waals surface area contributed by atoms with Gasteiger partial charge in [0.15, 0.2) is 0 Å². The highest BCUT2D eigenvalue weighted by molar-refractivity contribution is 5.29. The van der Waals surface area contributed by atoms with Crippen molar-refractivity contribution in [3.63, 3.8) is 0 Å². The Kier molecular flexibility index (Phi) is 2.75. The summed E-state index contributed by atoms with van der Waals surface area (Å²) in [6, 6.07) is 0. The molecule has 62 valence electrons. The van der Waals surface area contributed by atoms with Gasteiger partial charge in [-0.2, -0.15) is 0 Å². The number of rotatable bonds is 2. The molecule has 0 atom stereocenters. The Morgan fingerprint density at radius 1 is 1.55 bits per heavy atom. The van der Waals surface area contributed by atoms with Gasteiger partial charge in [0.25, 0.3) is 0 Å². The van der Waals surface area contributed by atoms with Crippen LogP contribution < -0.4 is 5.32 Å². The SMILES string of the molecule is CCC1=C(C(C)C)NCC=C1. The van der Waals surface area contributed by atoms with Gasteiger partial charge in [-0.3, -0.25) is 0 Å². The van der Waals surface area contributed by atoms with Crippen molar-refractivity contribution in [1.82, 2.24) is 5.32 Å². The van der Waals surface area contributed by atoms with Crippen molar-refractivity contribution in [2.24, 2.45) is 5.92 Å². The van der Waals surface area contributed by atoms with Gasteiger partial charge >= 0.3 is 0 Å². The molecule has 0 aromatic heterocycles. The van der Waals surface area contributed by atoms with Crippen LogP contribution in [0.2, 0.25) is 0 Å². The van der Waals surface area contributed by atoms with Gasteiger partial charge in [0.1, 0.15) is 0 Å². The van der Waals surface area contributed by atoms with E-state index in [0.717, 1.165) is 13.0 Å². The van der Waals surface area contributed by atoms with Crippen molar-refractivity contribution < 1.29 is 0 Å². The first kappa shape index (κ1) is 8.38. The van der Waals surface area contributed by atoms with Crippen molar-refractivity contribution in [2.45, 2.75) is 27.2 Å². The third-order valence-corrected chi connectivity index (χ3v) is 2.03. The molecule has 11 heavy (non-hydrogen) atoms. The number of hydrogen-bond acceptors (Lipinski definition) is 1. The van der Waals surface area contributed by atoms with E-state index in [-0.39, 0.29) is 0 Å². The lowest BCUT2D eigenvalue weighted by Gasteiger charge is -2.20. The second-order valence-electron chi connectivity index (χ2n) is 3.23. The molecule has 1 heteroatoms. The number of allylic oxidation sites excluding steroid dienone is 3. The Hall–Kier alpha value is -0.720. The van der Waals surface area contributed by atoms with E-state index in [1.807, 2.05) is 0 Å². The zero-order valence-corrected chi connectivity index (χ0v) is 7.65. The Balaban J connectivity index is 2.82. The molecule has 0 unspecified atom stereocenters. The van der Waals surface area contributed by atoms with Crippen molar-refractivity contribution in [3.05, 3.63) is 23.4 Å². The monoisotopic (exact) mass is 151 g/mol. The van der Waals surface area contributed by atoms with Crippen LogP contribution in [-0.4, -0.2) is 6.54 Å². The zero-order valence-electron chi connectivity index (χ0n) is 7.65. The Morgan fingerprint density at radius 3 is 2.73 bits per heavy atom. The van der Waals surface area contributed by atoms with Crippen LogP contribution in [0.25, 0.3) is 0 Å². The third kappa shape index (κ3) is 1.86. The van der Waals surface area contributed by atoms with Gasteiger partial charge in [0.2, 0.25) is 0 Å². The van der Waals surface area contributed by atoms with Gasteiger partial charge in [-0.25, -0.2) is 0 Å². The number of nitrogens with one attached hydrogen (secondary N) is 1. The number of dihydropyridines is 1. The van der Waals surface area contributed by atoms with E-state index in [1.54, 1.807) is 0 Å². The maximum atomic E-state index is 3.41. The molecule has 0 aromatic rings. The van der Waals surface area contributed by atoms with Gasteiger partial charge in [-0.1, -0.05) is 32.9 Å². The van der Waals surface area contributed by atoms with E-state index in [2.05, 4.69) is 38.2 Å². The summed E-state index contributed by atoms with van der Waals surface area (Å²) in [5.74, 6) is 0.634. The summed E-state index contributed by atoms with van der Waals surface area (Å²) in [5.41, 5.74) is 2.89. The normalized spacial score (nSPS) is 17.5. The van der Waals surface area contributed by atoms with E-state index in [4.69, 9.17) is 0 Å². The molecule has 0 radical (unpaired) electrons. The topological polar surface area (TPSA) is 12.0 Å². The molecule has 1 N–H and O–H groups in total. The molecule has 1 aliphatic rings. The maximum Gasteiger partial charge on any atom is 0.0331 e. The summed E-state index contributed by atoms with van der Waals surface area (Å²) in [6.07, 6.45) is 5.56. The number of hydrogen-bond donors (Lipinski definition) is 1. The van der Waals surface area contributed by atoms with Crippen LogP contribution in [0.5, 0.6) is 0 Å². The average Bonchev–Trinajstić information content (AvgIpc) is 2.04. The molecule has 0 aliphatic carbocycles. The molecule has 0 amide bonds. The Bertz CT molecular complexity index is 187. The van der Waals surface area contributed by atoms with Crippen LogP contribution in [-0.2, 0) is 0 Å². The fourth-order valence-electron chi connectivity index (χ4n) is 1.46. The molecule has 0 saturated heterocycles. The van der Waals surface area contributed by atoms with Gasteiger partial charge in [0.05, 0.1) is 0 Å². The molecular weight excluding hydrogens is 134 g/mol. The van der Waals surface area contributed by atoms with E-state index in [1.165, 1.54) is 11.3 Å². The van der Waals surface area contributed by atoms with Gasteiger partial charge in [-0.15, -0.1) is 0 Å². The van der Waals surface area contributed by atoms with Gasteiger partial charge in [-0.05, 0) is 17.9 Å². The molecule has 1 heterocycles. The maximum absolute atomic E-state index is 3.41. The fraction of sp³-hybridized carbons (Fsp3) is 0.600. The molecule has 1 nitrogen and oxygen atoms in total. The smallest absolute Gasteiger partial charge is 0.0331 e. The summed E-state index contributed by atoms with van der Waals surface area (Å²) in [6.45, 7) is 7.67. The van der Waals surface area contributed by atoms with E-state index in [9.17, 15) is 0 Å². The summed E-state index contributed by atoms with van der Waals surface area (Å²) in [4.78, 5) is 0. The van der Waals surface area contributed by atoms with Crippen LogP contribution in [0, 0.1) is 5.92 Å². The minimum atomic E-state index is 0.634. The van der Waals surface area contributed by atoms with Crippen molar-refractivity contribution in [2.75, 3.05) is 6.54 Å². The van der Waals surface area contributed by atoms with E-state index >= 15 is 0 Å². The predicted molar refractivity (Wildman–Crippen MR) is 49.3 cm³/mol. The highest BCUT2D eigenvalue weighted by Crippen LogP contribution is 2.18. The lowest BCUT2D eigenvalue weighted by atomic mass is 10.00. The first-order chi connectivity index (χ1) is 5.25. The largest absolute Gasteiger partial charge is 0.384 e. The molecule has 1 rings (SSSR count). The second kappa shape index (κ2) is 3.61. The minimum Gasteiger partial charge on any atom is -0.384 e. The summed E-state index contributed by atoms with van der Waals surface area (Å²) < 4.78 is 0. The lowest BCUT2D eigenvalue weighted by molar-refractivity contribution is 0.658. The molecule has 0 spiro atoms.